The summed E-state index contributed by atoms with van der Waals surface area (Å²) in [5.74, 6) is -0.00669. The van der Waals surface area contributed by atoms with Crippen molar-refractivity contribution in [2.75, 3.05) is 30.6 Å². The largest absolute Gasteiger partial charge is 0.495 e. The SMILES string of the molecule is COc1cc(OC)c(N2CC(C(=O)N(c3ccccc3)c3nc(C)cs3)CC2=O)cc1Cl. The molecule has 7 nitrogen and oxygen atoms in total. The summed E-state index contributed by atoms with van der Waals surface area (Å²) in [6, 6.07) is 12.6. The molecule has 1 unspecified atom stereocenters. The van der Waals surface area contributed by atoms with E-state index in [-0.39, 0.29) is 24.8 Å². The van der Waals surface area contributed by atoms with E-state index in [1.165, 1.54) is 25.6 Å². The number of aromatic nitrogens is 1. The first-order chi connectivity index (χ1) is 15.4. The molecule has 2 heterocycles. The third-order valence-electron chi connectivity index (χ3n) is 5.25. The minimum absolute atomic E-state index is 0.0827. The van der Waals surface area contributed by atoms with Crippen LogP contribution in [0.1, 0.15) is 12.1 Å². The third kappa shape index (κ3) is 4.16. The van der Waals surface area contributed by atoms with Crippen LogP contribution in [0.5, 0.6) is 11.5 Å². The van der Waals surface area contributed by atoms with Gasteiger partial charge < -0.3 is 14.4 Å². The number of hydrogen-bond acceptors (Lipinski definition) is 6. The van der Waals surface area contributed by atoms with E-state index in [9.17, 15) is 9.59 Å². The molecule has 1 atom stereocenters. The molecule has 32 heavy (non-hydrogen) atoms. The van der Waals surface area contributed by atoms with Crippen LogP contribution in [0.15, 0.2) is 47.8 Å². The van der Waals surface area contributed by atoms with Crippen LogP contribution in [0.2, 0.25) is 5.02 Å². The molecule has 166 valence electrons. The maximum atomic E-state index is 13.6. The van der Waals surface area contributed by atoms with E-state index in [0.29, 0.717) is 33.0 Å². The maximum absolute atomic E-state index is 13.6. The zero-order chi connectivity index (χ0) is 22.8. The Balaban J connectivity index is 1.66. The number of hydrogen-bond donors (Lipinski definition) is 0. The maximum Gasteiger partial charge on any atom is 0.238 e. The van der Waals surface area contributed by atoms with Crippen molar-refractivity contribution in [1.29, 1.82) is 0 Å². The summed E-state index contributed by atoms with van der Waals surface area (Å²) in [4.78, 5) is 34.2. The lowest BCUT2D eigenvalue weighted by molar-refractivity contribution is -0.123. The number of rotatable bonds is 6. The second kappa shape index (κ2) is 9.18. The van der Waals surface area contributed by atoms with Crippen LogP contribution in [-0.2, 0) is 9.59 Å². The van der Waals surface area contributed by atoms with Crippen molar-refractivity contribution in [1.82, 2.24) is 4.98 Å². The number of aryl methyl sites for hydroxylation is 1. The molecule has 1 aliphatic rings. The second-order valence-electron chi connectivity index (χ2n) is 7.34. The predicted molar refractivity (Wildman–Crippen MR) is 125 cm³/mol. The van der Waals surface area contributed by atoms with Gasteiger partial charge in [0.25, 0.3) is 0 Å². The first-order valence-electron chi connectivity index (χ1n) is 9.96. The fourth-order valence-corrected chi connectivity index (χ4v) is 4.76. The Morgan fingerprint density at radius 1 is 1.19 bits per heavy atom. The van der Waals surface area contributed by atoms with E-state index < -0.39 is 5.92 Å². The highest BCUT2D eigenvalue weighted by Crippen LogP contribution is 2.41. The monoisotopic (exact) mass is 471 g/mol. The molecule has 0 saturated carbocycles. The lowest BCUT2D eigenvalue weighted by Crippen LogP contribution is -2.34. The van der Waals surface area contributed by atoms with E-state index in [1.54, 1.807) is 21.9 Å². The first kappa shape index (κ1) is 22.1. The number of anilines is 3. The number of nitrogens with zero attached hydrogens (tertiary/aromatic N) is 3. The highest BCUT2D eigenvalue weighted by atomic mass is 35.5. The van der Waals surface area contributed by atoms with E-state index in [1.807, 2.05) is 42.6 Å². The number of thiazole rings is 1. The Bertz CT molecular complexity index is 1150. The molecule has 0 bridgehead atoms. The van der Waals surface area contributed by atoms with E-state index in [0.717, 1.165) is 5.69 Å². The van der Waals surface area contributed by atoms with E-state index in [2.05, 4.69) is 4.98 Å². The van der Waals surface area contributed by atoms with Gasteiger partial charge >= 0.3 is 0 Å². The van der Waals surface area contributed by atoms with Gasteiger partial charge in [0.15, 0.2) is 5.13 Å². The Labute approximate surface area is 195 Å². The fourth-order valence-electron chi connectivity index (χ4n) is 3.70. The number of ether oxygens (including phenoxy) is 2. The van der Waals surface area contributed by atoms with Crippen molar-refractivity contribution in [2.45, 2.75) is 13.3 Å². The van der Waals surface area contributed by atoms with Gasteiger partial charge in [-0.25, -0.2) is 4.98 Å². The molecule has 0 spiro atoms. The number of benzene rings is 2. The average Bonchev–Trinajstić information content (AvgIpc) is 3.40. The van der Waals surface area contributed by atoms with Gasteiger partial charge in [0.05, 0.1) is 42.2 Å². The van der Waals surface area contributed by atoms with Crippen molar-refractivity contribution in [3.8, 4) is 11.5 Å². The van der Waals surface area contributed by atoms with Gasteiger partial charge in [-0.2, -0.15) is 0 Å². The molecular weight excluding hydrogens is 450 g/mol. The zero-order valence-electron chi connectivity index (χ0n) is 17.9. The van der Waals surface area contributed by atoms with Crippen LogP contribution >= 0.6 is 22.9 Å². The summed E-state index contributed by atoms with van der Waals surface area (Å²) in [6.45, 7) is 2.10. The van der Waals surface area contributed by atoms with E-state index >= 15 is 0 Å². The lowest BCUT2D eigenvalue weighted by atomic mass is 10.1. The quantitative estimate of drug-likeness (QED) is 0.514. The molecule has 2 aromatic carbocycles. The van der Waals surface area contributed by atoms with Crippen LogP contribution in [-0.4, -0.2) is 37.6 Å². The Hall–Kier alpha value is -3.10. The second-order valence-corrected chi connectivity index (χ2v) is 8.59. The Morgan fingerprint density at radius 3 is 2.53 bits per heavy atom. The Kier molecular flexibility index (Phi) is 6.34. The smallest absolute Gasteiger partial charge is 0.238 e. The first-order valence-corrected chi connectivity index (χ1v) is 11.2. The van der Waals surface area contributed by atoms with Crippen LogP contribution in [0.3, 0.4) is 0 Å². The number of halogens is 1. The summed E-state index contributed by atoms with van der Waals surface area (Å²) in [7, 11) is 3.02. The van der Waals surface area contributed by atoms with Crippen molar-refractivity contribution in [3.63, 3.8) is 0 Å². The molecule has 1 aliphatic heterocycles. The van der Waals surface area contributed by atoms with Crippen LogP contribution in [0.25, 0.3) is 0 Å². The number of para-hydroxylation sites is 1. The minimum Gasteiger partial charge on any atom is -0.495 e. The molecule has 4 rings (SSSR count). The fraction of sp³-hybridized carbons (Fsp3) is 0.261. The lowest BCUT2D eigenvalue weighted by Gasteiger charge is -2.24. The molecule has 0 radical (unpaired) electrons. The van der Waals surface area contributed by atoms with E-state index in [4.69, 9.17) is 21.1 Å². The van der Waals surface area contributed by atoms with Crippen molar-refractivity contribution < 1.29 is 19.1 Å². The summed E-state index contributed by atoms with van der Waals surface area (Å²) in [6.07, 6.45) is 0.0827. The molecule has 9 heteroatoms. The number of carbonyl (C=O) groups excluding carboxylic acids is 2. The highest BCUT2D eigenvalue weighted by molar-refractivity contribution is 7.14. The van der Waals surface area contributed by atoms with Gasteiger partial charge in [0.1, 0.15) is 11.5 Å². The van der Waals surface area contributed by atoms with Gasteiger partial charge in [0.2, 0.25) is 11.8 Å². The Morgan fingerprint density at radius 2 is 1.91 bits per heavy atom. The molecule has 1 aromatic heterocycles. The van der Waals surface area contributed by atoms with Gasteiger partial charge in [-0.15, -0.1) is 11.3 Å². The summed E-state index contributed by atoms with van der Waals surface area (Å²) in [5.41, 5.74) is 2.05. The molecule has 2 amide bonds. The molecule has 1 fully saturated rings. The number of methoxy groups -OCH3 is 2. The van der Waals surface area contributed by atoms with Crippen molar-refractivity contribution >= 4 is 51.3 Å². The third-order valence-corrected chi connectivity index (χ3v) is 6.49. The molecule has 3 aromatic rings. The van der Waals surface area contributed by atoms with Crippen LogP contribution in [0.4, 0.5) is 16.5 Å². The van der Waals surface area contributed by atoms with Crippen molar-refractivity contribution in [3.05, 3.63) is 58.6 Å². The van der Waals surface area contributed by atoms with Gasteiger partial charge in [-0.3, -0.25) is 14.5 Å². The average molecular weight is 472 g/mol. The number of carbonyl (C=O) groups is 2. The predicted octanol–water partition coefficient (Wildman–Crippen LogP) is 4.84. The normalized spacial score (nSPS) is 15.7. The van der Waals surface area contributed by atoms with Crippen LogP contribution in [0, 0.1) is 12.8 Å². The van der Waals surface area contributed by atoms with Gasteiger partial charge in [-0.1, -0.05) is 29.8 Å². The molecule has 0 N–H and O–H groups in total. The molecule has 1 saturated heterocycles. The van der Waals surface area contributed by atoms with Crippen LogP contribution < -0.4 is 19.3 Å². The summed E-state index contributed by atoms with van der Waals surface area (Å²) in [5, 5.41) is 2.83. The summed E-state index contributed by atoms with van der Waals surface area (Å²) < 4.78 is 10.7. The standard InChI is InChI=1S/C23H22ClN3O4S/c1-14-13-32-23(25-14)27(16-7-5-4-6-8-16)22(29)15-9-21(28)26(12-15)18-10-17(24)19(30-2)11-20(18)31-3/h4-8,10-11,13,15H,9,12H2,1-3H3. The van der Waals surface area contributed by atoms with Crippen molar-refractivity contribution in [2.24, 2.45) is 5.92 Å². The van der Waals surface area contributed by atoms with Gasteiger partial charge in [-0.05, 0) is 25.1 Å². The highest BCUT2D eigenvalue weighted by Gasteiger charge is 2.40. The molecule has 0 aliphatic carbocycles. The minimum atomic E-state index is -0.544. The zero-order valence-corrected chi connectivity index (χ0v) is 19.4. The van der Waals surface area contributed by atoms with Gasteiger partial charge in [0, 0.05) is 24.4 Å². The molecular formula is C23H22ClN3O4S. The number of amides is 2. The topological polar surface area (TPSA) is 72.0 Å². The summed E-state index contributed by atoms with van der Waals surface area (Å²) >= 11 is 7.69.